The molecule has 0 aliphatic heterocycles. The van der Waals surface area contributed by atoms with E-state index in [4.69, 9.17) is 10.2 Å². The van der Waals surface area contributed by atoms with Gasteiger partial charge < -0.3 is 10.2 Å². The second kappa shape index (κ2) is 3.99. The van der Waals surface area contributed by atoms with Gasteiger partial charge in [-0.2, -0.15) is 0 Å². The quantitative estimate of drug-likeness (QED) is 0.727. The van der Waals surface area contributed by atoms with Crippen molar-refractivity contribution in [1.82, 2.24) is 9.97 Å². The van der Waals surface area contributed by atoms with E-state index in [0.717, 1.165) is 22.1 Å². The third-order valence-electron chi connectivity index (χ3n) is 2.66. The molecule has 0 radical (unpaired) electrons. The minimum Gasteiger partial charge on any atom is -0.464 e. The average Bonchev–Trinajstić information content (AvgIpc) is 2.83. The molecule has 0 bridgehead atoms. The lowest BCUT2D eigenvalue weighted by Gasteiger charge is -1.98. The summed E-state index contributed by atoms with van der Waals surface area (Å²) in [4.78, 5) is 8.58. The zero-order valence-corrected chi connectivity index (χ0v) is 9.13. The van der Waals surface area contributed by atoms with Crippen LogP contribution in [0.3, 0.4) is 0 Å². The first kappa shape index (κ1) is 9.99. The summed E-state index contributed by atoms with van der Waals surface area (Å²) in [6.07, 6.45) is 5.16. The van der Waals surface area contributed by atoms with Crippen LogP contribution in [0.5, 0.6) is 0 Å². The van der Waals surface area contributed by atoms with Gasteiger partial charge in [-0.15, -0.1) is 0 Å². The molecule has 0 aliphatic carbocycles. The molecule has 4 heteroatoms. The molecule has 4 nitrogen and oxygen atoms in total. The first-order valence-corrected chi connectivity index (χ1v) is 5.36. The van der Waals surface area contributed by atoms with Crippen LogP contribution in [0.2, 0.25) is 0 Å². The van der Waals surface area contributed by atoms with Gasteiger partial charge in [0, 0.05) is 29.9 Å². The van der Waals surface area contributed by atoms with E-state index in [1.807, 2.05) is 24.3 Å². The van der Waals surface area contributed by atoms with Crippen molar-refractivity contribution in [1.29, 1.82) is 0 Å². The molecule has 2 heterocycles. The van der Waals surface area contributed by atoms with Crippen LogP contribution in [0, 0.1) is 0 Å². The summed E-state index contributed by atoms with van der Waals surface area (Å²) in [5.41, 5.74) is 8.18. The van der Waals surface area contributed by atoms with Gasteiger partial charge in [-0.05, 0) is 6.07 Å². The minimum absolute atomic E-state index is 0.451. The van der Waals surface area contributed by atoms with Crippen molar-refractivity contribution in [2.24, 2.45) is 5.73 Å². The highest BCUT2D eigenvalue weighted by atomic mass is 16.3. The van der Waals surface area contributed by atoms with Crippen LogP contribution in [-0.4, -0.2) is 9.97 Å². The van der Waals surface area contributed by atoms with Crippen molar-refractivity contribution in [3.63, 3.8) is 0 Å². The Morgan fingerprint density at radius 1 is 1.12 bits per heavy atom. The monoisotopic (exact) mass is 225 g/mol. The molecule has 0 atom stereocenters. The Morgan fingerprint density at radius 3 is 2.65 bits per heavy atom. The van der Waals surface area contributed by atoms with E-state index < -0.39 is 0 Å². The summed E-state index contributed by atoms with van der Waals surface area (Å²) in [7, 11) is 0. The Morgan fingerprint density at radius 2 is 1.88 bits per heavy atom. The lowest BCUT2D eigenvalue weighted by molar-refractivity contribution is 0.616. The average molecular weight is 225 g/mol. The first-order valence-electron chi connectivity index (χ1n) is 5.36. The second-order valence-electron chi connectivity index (χ2n) is 3.76. The number of aromatic nitrogens is 2. The molecule has 1 aromatic carbocycles. The van der Waals surface area contributed by atoms with Crippen LogP contribution in [0.15, 0.2) is 47.3 Å². The molecule has 0 amide bonds. The summed E-state index contributed by atoms with van der Waals surface area (Å²) in [6, 6.07) is 7.82. The highest BCUT2D eigenvalue weighted by molar-refractivity contribution is 5.91. The van der Waals surface area contributed by atoms with Gasteiger partial charge in [-0.3, -0.25) is 0 Å². The summed E-state index contributed by atoms with van der Waals surface area (Å²) >= 11 is 0. The fourth-order valence-corrected chi connectivity index (χ4v) is 1.75. The van der Waals surface area contributed by atoms with Crippen LogP contribution in [0.4, 0.5) is 0 Å². The van der Waals surface area contributed by atoms with E-state index in [-0.39, 0.29) is 0 Å². The Balaban J connectivity index is 2.13. The maximum absolute atomic E-state index is 5.51. The van der Waals surface area contributed by atoms with Gasteiger partial charge in [0.2, 0.25) is 0 Å². The van der Waals surface area contributed by atoms with Crippen molar-refractivity contribution < 1.29 is 4.42 Å². The molecule has 0 aliphatic rings. The maximum atomic E-state index is 5.51. The number of benzene rings is 1. The molecule has 2 N–H and O–H groups in total. The molecule has 2 aromatic heterocycles. The second-order valence-corrected chi connectivity index (χ2v) is 3.76. The summed E-state index contributed by atoms with van der Waals surface area (Å²) in [5.74, 6) is 0.659. The van der Waals surface area contributed by atoms with Gasteiger partial charge in [0.05, 0.1) is 5.56 Å². The van der Waals surface area contributed by atoms with Crippen LogP contribution in [0.25, 0.3) is 22.4 Å². The Hall–Kier alpha value is -2.20. The number of para-hydroxylation sites is 1. The van der Waals surface area contributed by atoms with Gasteiger partial charge in [-0.25, -0.2) is 9.97 Å². The molecule has 0 unspecified atom stereocenters. The van der Waals surface area contributed by atoms with Gasteiger partial charge in [-0.1, -0.05) is 18.2 Å². The van der Waals surface area contributed by atoms with E-state index in [2.05, 4.69) is 9.97 Å². The Kier molecular flexibility index (Phi) is 2.34. The van der Waals surface area contributed by atoms with Crippen LogP contribution in [0.1, 0.15) is 5.56 Å². The first-order chi connectivity index (χ1) is 8.38. The number of hydrogen-bond acceptors (Lipinski definition) is 4. The SMILES string of the molecule is NCc1cnc(-c2coc3ccccc23)nc1. The fourth-order valence-electron chi connectivity index (χ4n) is 1.75. The number of fused-ring (bicyclic) bond motifs is 1. The normalized spacial score (nSPS) is 10.9. The molecule has 3 aromatic rings. The van der Waals surface area contributed by atoms with Crippen molar-refractivity contribution in [3.8, 4) is 11.4 Å². The molecule has 0 saturated carbocycles. The molecule has 0 spiro atoms. The highest BCUT2D eigenvalue weighted by Gasteiger charge is 2.09. The number of rotatable bonds is 2. The number of hydrogen-bond donors (Lipinski definition) is 1. The van der Waals surface area contributed by atoms with Gasteiger partial charge in [0.15, 0.2) is 5.82 Å². The molecule has 84 valence electrons. The van der Waals surface area contributed by atoms with Gasteiger partial charge in [0.25, 0.3) is 0 Å². The predicted molar refractivity (Wildman–Crippen MR) is 65.1 cm³/mol. The summed E-state index contributed by atoms with van der Waals surface area (Å²) in [6.45, 7) is 0.451. The standard InChI is InChI=1S/C13H11N3O/c14-5-9-6-15-13(16-7-9)11-8-17-12-4-2-1-3-10(11)12/h1-4,6-8H,5,14H2. The third-order valence-corrected chi connectivity index (χ3v) is 2.66. The van der Waals surface area contributed by atoms with Crippen molar-refractivity contribution >= 4 is 11.0 Å². The van der Waals surface area contributed by atoms with Crippen LogP contribution in [-0.2, 0) is 6.54 Å². The zero-order valence-electron chi connectivity index (χ0n) is 9.13. The lowest BCUT2D eigenvalue weighted by atomic mass is 10.1. The van der Waals surface area contributed by atoms with Gasteiger partial charge >= 0.3 is 0 Å². The molecule has 0 fully saturated rings. The Bertz CT molecular complexity index is 643. The molecular weight excluding hydrogens is 214 g/mol. The largest absolute Gasteiger partial charge is 0.464 e. The number of nitrogens with two attached hydrogens (primary N) is 1. The highest BCUT2D eigenvalue weighted by Crippen LogP contribution is 2.27. The van der Waals surface area contributed by atoms with E-state index >= 15 is 0 Å². The Labute approximate surface area is 98.1 Å². The maximum Gasteiger partial charge on any atom is 0.163 e. The van der Waals surface area contributed by atoms with Gasteiger partial charge in [0.1, 0.15) is 11.8 Å². The van der Waals surface area contributed by atoms with Crippen LogP contribution >= 0.6 is 0 Å². The minimum atomic E-state index is 0.451. The molecular formula is C13H11N3O. The summed E-state index contributed by atoms with van der Waals surface area (Å²) < 4.78 is 5.46. The van der Waals surface area contributed by atoms with E-state index in [1.54, 1.807) is 18.7 Å². The van der Waals surface area contributed by atoms with Crippen LogP contribution < -0.4 is 5.73 Å². The third kappa shape index (κ3) is 1.68. The van der Waals surface area contributed by atoms with Crippen molar-refractivity contribution in [2.75, 3.05) is 0 Å². The van der Waals surface area contributed by atoms with Crippen molar-refractivity contribution in [3.05, 3.63) is 48.5 Å². The fraction of sp³-hybridized carbons (Fsp3) is 0.0769. The molecule has 0 saturated heterocycles. The number of nitrogens with zero attached hydrogens (tertiary/aromatic N) is 2. The number of furan rings is 1. The van der Waals surface area contributed by atoms with E-state index in [0.29, 0.717) is 12.4 Å². The molecule has 17 heavy (non-hydrogen) atoms. The summed E-state index contributed by atoms with van der Waals surface area (Å²) in [5, 5.41) is 1.02. The van der Waals surface area contributed by atoms with E-state index in [9.17, 15) is 0 Å². The van der Waals surface area contributed by atoms with Crippen molar-refractivity contribution in [2.45, 2.75) is 6.54 Å². The van der Waals surface area contributed by atoms with E-state index in [1.165, 1.54) is 0 Å². The predicted octanol–water partition coefficient (Wildman–Crippen LogP) is 2.35. The topological polar surface area (TPSA) is 64.9 Å². The molecule has 3 rings (SSSR count). The zero-order chi connectivity index (χ0) is 11.7. The smallest absolute Gasteiger partial charge is 0.163 e. The lowest BCUT2D eigenvalue weighted by Crippen LogP contribution is -1.98.